The first-order chi connectivity index (χ1) is 10.4. The van der Waals surface area contributed by atoms with Crippen LogP contribution in [-0.2, 0) is 0 Å². The van der Waals surface area contributed by atoms with Gasteiger partial charge < -0.3 is 0 Å². The van der Waals surface area contributed by atoms with Crippen LogP contribution < -0.4 is 15.9 Å². The van der Waals surface area contributed by atoms with Gasteiger partial charge in [-0.05, 0) is 27.5 Å². The first-order valence-corrected chi connectivity index (χ1v) is 9.65. The molecule has 0 aromatic heterocycles. The summed E-state index contributed by atoms with van der Waals surface area (Å²) in [7, 11) is 0. The highest BCUT2D eigenvalue weighted by Crippen LogP contribution is 2.44. The van der Waals surface area contributed by atoms with Crippen molar-refractivity contribution in [2.75, 3.05) is 0 Å². The smallest absolute Gasteiger partial charge is 0.00873 e. The van der Waals surface area contributed by atoms with Gasteiger partial charge in [-0.1, -0.05) is 107 Å². The predicted molar refractivity (Wildman–Crippen MR) is 100 cm³/mol. The summed E-state index contributed by atoms with van der Waals surface area (Å²) in [5.74, 6) is 0. The van der Waals surface area contributed by atoms with Gasteiger partial charge >= 0.3 is 0 Å². The Morgan fingerprint density at radius 2 is 0.810 bits per heavy atom. The normalized spacial score (nSPS) is 11.1. The Labute approximate surface area is 134 Å². The number of hydrogen-bond acceptors (Lipinski definition) is 0. The molecule has 21 heavy (non-hydrogen) atoms. The van der Waals surface area contributed by atoms with E-state index in [0.29, 0.717) is 0 Å². The standard InChI is InChI=1S/C19H16BrP/c20-16-21(17-10-4-1-5-11-17,18-12-6-2-7-13-18)19-14-8-3-9-15-19/h1-16H. The molecule has 3 rings (SSSR count). The summed E-state index contributed by atoms with van der Waals surface area (Å²) in [6.45, 7) is -1.74. The van der Waals surface area contributed by atoms with Gasteiger partial charge in [0.2, 0.25) is 0 Å². The van der Waals surface area contributed by atoms with Crippen LogP contribution in [0.2, 0.25) is 0 Å². The van der Waals surface area contributed by atoms with E-state index in [1.165, 1.54) is 15.9 Å². The van der Waals surface area contributed by atoms with Crippen LogP contribution in [0.15, 0.2) is 91.0 Å². The number of benzene rings is 3. The average Bonchev–Trinajstić information content (AvgIpc) is 2.59. The van der Waals surface area contributed by atoms with E-state index in [9.17, 15) is 0 Å². The fourth-order valence-corrected chi connectivity index (χ4v) is 7.89. The van der Waals surface area contributed by atoms with Crippen LogP contribution in [0.4, 0.5) is 0 Å². The quantitative estimate of drug-likeness (QED) is 0.620. The minimum Gasteiger partial charge on any atom is -0.0622 e. The topological polar surface area (TPSA) is 0 Å². The third-order valence-electron chi connectivity index (χ3n) is 3.64. The fraction of sp³-hybridized carbons (Fsp3) is 0. The highest BCUT2D eigenvalue weighted by molar-refractivity contribution is 9.19. The molecule has 0 nitrogen and oxygen atoms in total. The summed E-state index contributed by atoms with van der Waals surface area (Å²) >= 11 is 3.71. The van der Waals surface area contributed by atoms with Crippen LogP contribution in [0.5, 0.6) is 0 Å². The molecule has 0 amide bonds. The lowest BCUT2D eigenvalue weighted by Gasteiger charge is -2.27. The largest absolute Gasteiger partial charge is 0.0622 e. The van der Waals surface area contributed by atoms with Crippen LogP contribution in [0.1, 0.15) is 0 Å². The Morgan fingerprint density at radius 3 is 1.05 bits per heavy atom. The van der Waals surface area contributed by atoms with Gasteiger partial charge in [-0.25, -0.2) is 0 Å². The van der Waals surface area contributed by atoms with E-state index in [1.54, 1.807) is 0 Å². The van der Waals surface area contributed by atoms with E-state index < -0.39 is 6.89 Å². The van der Waals surface area contributed by atoms with Gasteiger partial charge in [0, 0.05) is 0 Å². The van der Waals surface area contributed by atoms with Crippen molar-refractivity contribution in [2.24, 2.45) is 0 Å². The van der Waals surface area contributed by atoms with Crippen molar-refractivity contribution in [1.82, 2.24) is 0 Å². The molecule has 3 aromatic rings. The van der Waals surface area contributed by atoms with Crippen molar-refractivity contribution in [3.63, 3.8) is 0 Å². The van der Waals surface area contributed by atoms with Gasteiger partial charge in [0.15, 0.2) is 0 Å². The first kappa shape index (κ1) is 14.4. The Hall–Kier alpha value is -1.56. The molecule has 0 aliphatic carbocycles. The second-order valence-corrected chi connectivity index (χ2v) is 9.25. The molecular weight excluding hydrogens is 339 g/mol. The molecule has 0 aliphatic rings. The molecule has 0 saturated carbocycles. The first-order valence-electron chi connectivity index (χ1n) is 6.88. The summed E-state index contributed by atoms with van der Waals surface area (Å²) in [5.41, 5.74) is 0. The minimum atomic E-state index is -1.74. The van der Waals surface area contributed by atoms with Gasteiger partial charge in [-0.3, -0.25) is 0 Å². The van der Waals surface area contributed by atoms with E-state index in [4.69, 9.17) is 0 Å². The number of rotatable bonds is 3. The van der Waals surface area contributed by atoms with E-state index in [0.717, 1.165) is 0 Å². The summed E-state index contributed by atoms with van der Waals surface area (Å²) < 4.78 is 2.22. The van der Waals surface area contributed by atoms with Crippen LogP contribution in [0.25, 0.3) is 0 Å². The van der Waals surface area contributed by atoms with Gasteiger partial charge in [-0.15, -0.1) is 0 Å². The van der Waals surface area contributed by atoms with E-state index in [-0.39, 0.29) is 0 Å². The zero-order valence-corrected chi connectivity index (χ0v) is 14.0. The van der Waals surface area contributed by atoms with E-state index >= 15 is 0 Å². The van der Waals surface area contributed by atoms with Crippen molar-refractivity contribution in [3.05, 3.63) is 91.0 Å². The Morgan fingerprint density at radius 1 is 0.524 bits per heavy atom. The highest BCUT2D eigenvalue weighted by atomic mass is 79.9. The van der Waals surface area contributed by atoms with Gasteiger partial charge in [0.05, 0.1) is 0 Å². The van der Waals surface area contributed by atoms with Crippen LogP contribution in [-0.4, -0.2) is 4.71 Å². The van der Waals surface area contributed by atoms with Crippen molar-refractivity contribution in [2.45, 2.75) is 0 Å². The molecule has 0 radical (unpaired) electrons. The highest BCUT2D eigenvalue weighted by Gasteiger charge is 2.23. The maximum Gasteiger partial charge on any atom is -0.00873 e. The fourth-order valence-electron chi connectivity index (χ4n) is 2.61. The van der Waals surface area contributed by atoms with Crippen LogP contribution in [0, 0.1) is 0 Å². The predicted octanol–water partition coefficient (Wildman–Crippen LogP) is 4.14. The van der Waals surface area contributed by atoms with Crippen molar-refractivity contribution in [3.8, 4) is 0 Å². The average molecular weight is 355 g/mol. The zero-order valence-electron chi connectivity index (χ0n) is 11.6. The second kappa shape index (κ2) is 6.47. The number of halogens is 1. The second-order valence-electron chi connectivity index (χ2n) is 4.83. The molecular formula is C19H16BrP. The molecule has 0 unspecified atom stereocenters. The summed E-state index contributed by atoms with van der Waals surface area (Å²) in [4.78, 5) is 0. The van der Waals surface area contributed by atoms with Gasteiger partial charge in [0.25, 0.3) is 0 Å². The molecule has 104 valence electrons. The molecule has 0 saturated heterocycles. The Balaban J connectivity index is 2.35. The Kier molecular flexibility index (Phi) is 4.43. The van der Waals surface area contributed by atoms with E-state index in [1.807, 2.05) is 0 Å². The molecule has 0 bridgehead atoms. The molecule has 0 aliphatic heterocycles. The van der Waals surface area contributed by atoms with Crippen LogP contribution >= 0.6 is 22.8 Å². The molecule has 0 heterocycles. The lowest BCUT2D eigenvalue weighted by atomic mass is 10.4. The minimum absolute atomic E-state index is 1.36. The lowest BCUT2D eigenvalue weighted by Crippen LogP contribution is -2.26. The van der Waals surface area contributed by atoms with E-state index in [2.05, 4.69) is 112 Å². The molecule has 0 N–H and O–H groups in total. The Bertz CT molecular complexity index is 646. The molecule has 0 atom stereocenters. The maximum absolute atomic E-state index is 3.71. The van der Waals surface area contributed by atoms with Crippen molar-refractivity contribution in [1.29, 1.82) is 0 Å². The molecule has 0 fully saturated rings. The third kappa shape index (κ3) is 2.64. The van der Waals surface area contributed by atoms with Crippen LogP contribution in [0.3, 0.4) is 0 Å². The lowest BCUT2D eigenvalue weighted by molar-refractivity contribution is 1.73. The maximum atomic E-state index is 3.71. The molecule has 2 heteroatoms. The summed E-state index contributed by atoms with van der Waals surface area (Å²) in [5, 5.41) is 4.08. The molecule has 0 spiro atoms. The summed E-state index contributed by atoms with van der Waals surface area (Å²) in [6, 6.07) is 32.3. The van der Waals surface area contributed by atoms with Crippen molar-refractivity contribution >= 4 is 43.4 Å². The zero-order chi connectivity index (χ0) is 14.5. The third-order valence-corrected chi connectivity index (χ3v) is 9.11. The van der Waals surface area contributed by atoms with Gasteiger partial charge in [0.1, 0.15) is 0 Å². The van der Waals surface area contributed by atoms with Crippen molar-refractivity contribution < 1.29 is 0 Å². The number of hydrogen-bond donors (Lipinski definition) is 0. The summed E-state index contributed by atoms with van der Waals surface area (Å²) in [6.07, 6.45) is 0. The molecule has 3 aromatic carbocycles. The van der Waals surface area contributed by atoms with Gasteiger partial charge in [-0.2, -0.15) is 0 Å². The SMILES string of the molecule is BrC=P(c1ccccc1)(c1ccccc1)c1ccccc1. The monoisotopic (exact) mass is 354 g/mol.